The molecule has 0 aliphatic carbocycles. The third-order valence-electron chi connectivity index (χ3n) is 3.90. The number of esters is 1. The van der Waals surface area contributed by atoms with E-state index < -0.39 is 11.9 Å². The number of rotatable bonds is 6. The molecule has 0 bridgehead atoms. The molecule has 1 N–H and O–H groups in total. The summed E-state index contributed by atoms with van der Waals surface area (Å²) in [4.78, 5) is 25.0. The molecule has 0 saturated heterocycles. The van der Waals surface area contributed by atoms with E-state index in [1.165, 1.54) is 0 Å². The van der Waals surface area contributed by atoms with E-state index in [1.54, 1.807) is 0 Å². The van der Waals surface area contributed by atoms with E-state index in [0.717, 1.165) is 27.1 Å². The number of hydrogen-bond donors (Lipinski definition) is 1. The monoisotopic (exact) mass is 379 g/mol. The zero-order valence-corrected chi connectivity index (χ0v) is 16.0. The number of hydrogen-bond acceptors (Lipinski definition) is 6. The van der Waals surface area contributed by atoms with Crippen LogP contribution in [-0.4, -0.2) is 38.7 Å². The van der Waals surface area contributed by atoms with Crippen molar-refractivity contribution in [2.45, 2.75) is 27.3 Å². The molecule has 0 saturated carbocycles. The van der Waals surface area contributed by atoms with E-state index in [-0.39, 0.29) is 13.2 Å². The number of nitrogens with one attached hydrogen (secondary N) is 1. The van der Waals surface area contributed by atoms with E-state index in [4.69, 9.17) is 4.74 Å². The molecule has 0 aliphatic rings. The maximum Gasteiger partial charge on any atom is 0.330 e. The van der Waals surface area contributed by atoms with Crippen molar-refractivity contribution in [3.63, 3.8) is 0 Å². The lowest BCUT2D eigenvalue weighted by molar-refractivity contribution is -0.148. The smallest absolute Gasteiger partial charge is 0.330 e. The second kappa shape index (κ2) is 8.43. The minimum Gasteiger partial charge on any atom is -0.454 e. The van der Waals surface area contributed by atoms with Crippen LogP contribution in [0.2, 0.25) is 0 Å². The van der Waals surface area contributed by atoms with Crippen LogP contribution in [0.4, 0.5) is 5.69 Å². The minimum absolute atomic E-state index is 0.226. The molecule has 0 unspecified atom stereocenters. The highest BCUT2D eigenvalue weighted by Crippen LogP contribution is 2.14. The Balaban J connectivity index is 1.50. The number of carbonyl (C=O) groups excluding carboxylic acids is 2. The summed E-state index contributed by atoms with van der Waals surface area (Å²) in [5.74, 6) is -0.617. The molecule has 0 atom stereocenters. The van der Waals surface area contributed by atoms with Crippen molar-refractivity contribution >= 4 is 17.6 Å². The zero-order valence-electron chi connectivity index (χ0n) is 16.0. The Hall–Kier alpha value is -3.55. The van der Waals surface area contributed by atoms with Crippen molar-refractivity contribution < 1.29 is 14.3 Å². The molecule has 144 valence electrons. The number of anilines is 1. The number of carbonyl (C=O) groups is 2. The number of tetrazole rings is 1. The SMILES string of the molecule is Cc1ccc(-c2nnn(CC(=O)OCC(=O)Nc3cc(C)cc(C)c3)n2)cc1. The zero-order chi connectivity index (χ0) is 20.1. The van der Waals surface area contributed by atoms with Gasteiger partial charge in [-0.25, -0.2) is 4.79 Å². The first-order chi connectivity index (χ1) is 13.4. The van der Waals surface area contributed by atoms with E-state index in [0.29, 0.717) is 11.5 Å². The molecule has 1 heterocycles. The predicted molar refractivity (Wildman–Crippen MR) is 103 cm³/mol. The van der Waals surface area contributed by atoms with Gasteiger partial charge in [0.05, 0.1) is 0 Å². The maximum absolute atomic E-state index is 12.0. The Morgan fingerprint density at radius 2 is 1.68 bits per heavy atom. The molecule has 3 rings (SSSR count). The van der Waals surface area contributed by atoms with E-state index in [2.05, 4.69) is 20.7 Å². The first-order valence-corrected chi connectivity index (χ1v) is 8.78. The van der Waals surface area contributed by atoms with Gasteiger partial charge in [0, 0.05) is 11.3 Å². The Morgan fingerprint density at radius 3 is 2.36 bits per heavy atom. The van der Waals surface area contributed by atoms with Crippen LogP contribution >= 0.6 is 0 Å². The molecule has 0 fully saturated rings. The van der Waals surface area contributed by atoms with Gasteiger partial charge in [0.2, 0.25) is 5.82 Å². The fraction of sp³-hybridized carbons (Fsp3) is 0.250. The van der Waals surface area contributed by atoms with Gasteiger partial charge in [0.15, 0.2) is 13.2 Å². The van der Waals surface area contributed by atoms with E-state index >= 15 is 0 Å². The largest absolute Gasteiger partial charge is 0.454 e. The summed E-state index contributed by atoms with van der Waals surface area (Å²) in [6, 6.07) is 13.3. The molecule has 8 nitrogen and oxygen atoms in total. The topological polar surface area (TPSA) is 99.0 Å². The summed E-state index contributed by atoms with van der Waals surface area (Å²) in [7, 11) is 0. The van der Waals surface area contributed by atoms with Crippen LogP contribution in [0.5, 0.6) is 0 Å². The summed E-state index contributed by atoms with van der Waals surface area (Å²) < 4.78 is 4.99. The molecule has 0 aliphatic heterocycles. The first-order valence-electron chi connectivity index (χ1n) is 8.78. The van der Waals surface area contributed by atoms with Gasteiger partial charge in [0.25, 0.3) is 5.91 Å². The summed E-state index contributed by atoms with van der Waals surface area (Å²) in [5.41, 5.74) is 4.67. The van der Waals surface area contributed by atoms with E-state index in [9.17, 15) is 9.59 Å². The fourth-order valence-electron chi connectivity index (χ4n) is 2.68. The lowest BCUT2D eigenvalue weighted by Gasteiger charge is -2.08. The average molecular weight is 379 g/mol. The molecular formula is C20H21N5O3. The number of aromatic nitrogens is 4. The van der Waals surface area contributed by atoms with Crippen molar-refractivity contribution in [2.24, 2.45) is 0 Å². The minimum atomic E-state index is -0.622. The van der Waals surface area contributed by atoms with Crippen LogP contribution in [0.3, 0.4) is 0 Å². The van der Waals surface area contributed by atoms with Gasteiger partial charge in [-0.05, 0) is 49.2 Å². The molecule has 3 aromatic rings. The van der Waals surface area contributed by atoms with Crippen molar-refractivity contribution in [2.75, 3.05) is 11.9 Å². The lowest BCUT2D eigenvalue weighted by atomic mass is 10.1. The maximum atomic E-state index is 12.0. The highest BCUT2D eigenvalue weighted by atomic mass is 16.5. The molecule has 8 heteroatoms. The Bertz CT molecular complexity index is 975. The van der Waals surface area contributed by atoms with Gasteiger partial charge in [0.1, 0.15) is 0 Å². The van der Waals surface area contributed by atoms with Gasteiger partial charge in [-0.2, -0.15) is 4.80 Å². The fourth-order valence-corrected chi connectivity index (χ4v) is 2.68. The Labute approximate surface area is 162 Å². The molecule has 1 amide bonds. The third kappa shape index (κ3) is 5.23. The van der Waals surface area contributed by atoms with E-state index in [1.807, 2.05) is 63.2 Å². The standard InChI is InChI=1S/C20H21N5O3/c1-13-4-6-16(7-5-13)20-22-24-25(23-20)11-19(27)28-12-18(26)21-17-9-14(2)8-15(3)10-17/h4-10H,11-12H2,1-3H3,(H,21,26). The third-order valence-corrected chi connectivity index (χ3v) is 3.90. The lowest BCUT2D eigenvalue weighted by Crippen LogP contribution is -2.23. The second-order valence-corrected chi connectivity index (χ2v) is 6.59. The summed E-state index contributed by atoms with van der Waals surface area (Å²) >= 11 is 0. The Kier molecular flexibility index (Phi) is 5.78. The number of amides is 1. The highest BCUT2D eigenvalue weighted by Gasteiger charge is 2.12. The van der Waals surface area contributed by atoms with Crippen LogP contribution in [0.1, 0.15) is 16.7 Å². The quantitative estimate of drug-likeness (QED) is 0.661. The van der Waals surface area contributed by atoms with Crippen molar-refractivity contribution in [3.8, 4) is 11.4 Å². The average Bonchev–Trinajstić information content (AvgIpc) is 3.08. The number of benzene rings is 2. The summed E-state index contributed by atoms with van der Waals surface area (Å²) in [5, 5.41) is 14.6. The van der Waals surface area contributed by atoms with Gasteiger partial charge < -0.3 is 10.1 Å². The molecule has 2 aromatic carbocycles. The van der Waals surface area contributed by atoms with Crippen molar-refractivity contribution in [1.29, 1.82) is 0 Å². The number of aryl methyl sites for hydroxylation is 3. The Morgan fingerprint density at radius 1 is 1.00 bits per heavy atom. The van der Waals surface area contributed by atoms with Crippen LogP contribution in [0.25, 0.3) is 11.4 Å². The second-order valence-electron chi connectivity index (χ2n) is 6.59. The normalized spacial score (nSPS) is 10.5. The first kappa shape index (κ1) is 19.2. The van der Waals surface area contributed by atoms with Crippen LogP contribution < -0.4 is 5.32 Å². The van der Waals surface area contributed by atoms with Crippen LogP contribution in [-0.2, 0) is 20.9 Å². The molecule has 1 aromatic heterocycles. The van der Waals surface area contributed by atoms with Gasteiger partial charge in [-0.15, -0.1) is 10.2 Å². The van der Waals surface area contributed by atoms with Crippen molar-refractivity contribution in [1.82, 2.24) is 20.2 Å². The van der Waals surface area contributed by atoms with Crippen molar-refractivity contribution in [3.05, 3.63) is 59.2 Å². The molecular weight excluding hydrogens is 358 g/mol. The molecule has 28 heavy (non-hydrogen) atoms. The molecule has 0 radical (unpaired) electrons. The van der Waals surface area contributed by atoms with Gasteiger partial charge in [-0.1, -0.05) is 35.9 Å². The number of nitrogens with zero attached hydrogens (tertiary/aromatic N) is 4. The summed E-state index contributed by atoms with van der Waals surface area (Å²) in [6.45, 7) is 5.26. The molecule has 0 spiro atoms. The number of ether oxygens (including phenoxy) is 1. The summed E-state index contributed by atoms with van der Waals surface area (Å²) in [6.07, 6.45) is 0. The van der Waals surface area contributed by atoms with Gasteiger partial charge >= 0.3 is 5.97 Å². The van der Waals surface area contributed by atoms with Crippen LogP contribution in [0, 0.1) is 20.8 Å². The van der Waals surface area contributed by atoms with Gasteiger partial charge in [-0.3, -0.25) is 4.79 Å². The predicted octanol–water partition coefficient (Wildman–Crippen LogP) is 2.45. The van der Waals surface area contributed by atoms with Crippen LogP contribution in [0.15, 0.2) is 42.5 Å². The highest BCUT2D eigenvalue weighted by molar-refractivity contribution is 5.92.